The zero-order valence-electron chi connectivity index (χ0n) is 13.5. The van der Waals surface area contributed by atoms with Gasteiger partial charge in [0.1, 0.15) is 5.82 Å². The number of rotatable bonds is 5. The lowest BCUT2D eigenvalue weighted by molar-refractivity contribution is 0.569. The van der Waals surface area contributed by atoms with Crippen molar-refractivity contribution in [3.05, 3.63) is 52.1 Å². The van der Waals surface area contributed by atoms with Gasteiger partial charge in [-0.25, -0.2) is 4.39 Å². The highest BCUT2D eigenvalue weighted by atomic mass is 19.1. The maximum absolute atomic E-state index is 13.1. The van der Waals surface area contributed by atoms with Crippen molar-refractivity contribution in [2.75, 3.05) is 6.54 Å². The molecule has 0 aliphatic carbocycles. The average Bonchev–Trinajstić information content (AvgIpc) is 2.66. The number of nitrogens with zero attached hydrogens (tertiary/aromatic N) is 2. The van der Waals surface area contributed by atoms with E-state index < -0.39 is 0 Å². The van der Waals surface area contributed by atoms with Gasteiger partial charge in [-0.2, -0.15) is 5.10 Å². The Labute approximate surface area is 126 Å². The summed E-state index contributed by atoms with van der Waals surface area (Å²) in [4.78, 5) is 0. The van der Waals surface area contributed by atoms with Crippen LogP contribution < -0.4 is 5.32 Å². The fourth-order valence-electron chi connectivity index (χ4n) is 2.88. The Morgan fingerprint density at radius 3 is 2.57 bits per heavy atom. The Morgan fingerprint density at radius 1 is 1.29 bits per heavy atom. The zero-order chi connectivity index (χ0) is 15.6. The topological polar surface area (TPSA) is 29.9 Å². The molecule has 2 aromatic rings. The van der Waals surface area contributed by atoms with Crippen molar-refractivity contribution in [2.45, 2.75) is 40.2 Å². The molecule has 1 atom stereocenters. The van der Waals surface area contributed by atoms with Crippen LogP contribution in [0.4, 0.5) is 4.39 Å². The molecular formula is C17H24FN3. The maximum atomic E-state index is 13.1. The molecule has 4 heteroatoms. The minimum absolute atomic E-state index is 0.167. The minimum atomic E-state index is -0.167. The van der Waals surface area contributed by atoms with Crippen LogP contribution in [0.1, 0.15) is 41.0 Å². The summed E-state index contributed by atoms with van der Waals surface area (Å²) in [5, 5.41) is 7.99. The van der Waals surface area contributed by atoms with Crippen LogP contribution in [0, 0.1) is 26.6 Å². The summed E-state index contributed by atoms with van der Waals surface area (Å²) in [6.45, 7) is 9.12. The molecular weight excluding hydrogens is 265 g/mol. The fourth-order valence-corrected chi connectivity index (χ4v) is 2.88. The Hall–Kier alpha value is -1.68. The molecule has 1 aromatic heterocycles. The molecule has 0 radical (unpaired) electrons. The van der Waals surface area contributed by atoms with Gasteiger partial charge in [0.2, 0.25) is 0 Å². The number of hydrogen-bond acceptors (Lipinski definition) is 2. The van der Waals surface area contributed by atoms with Gasteiger partial charge in [0, 0.05) is 24.3 Å². The van der Waals surface area contributed by atoms with Crippen molar-refractivity contribution in [3.8, 4) is 0 Å². The van der Waals surface area contributed by atoms with E-state index in [9.17, 15) is 4.39 Å². The maximum Gasteiger partial charge on any atom is 0.123 e. The highest BCUT2D eigenvalue weighted by molar-refractivity contribution is 5.28. The van der Waals surface area contributed by atoms with E-state index in [4.69, 9.17) is 0 Å². The largest absolute Gasteiger partial charge is 0.310 e. The molecule has 0 aliphatic heterocycles. The van der Waals surface area contributed by atoms with Crippen molar-refractivity contribution in [1.82, 2.24) is 15.1 Å². The highest BCUT2D eigenvalue weighted by Crippen LogP contribution is 2.20. The molecule has 3 nitrogen and oxygen atoms in total. The third-order valence-corrected chi connectivity index (χ3v) is 4.15. The van der Waals surface area contributed by atoms with Crippen molar-refractivity contribution in [2.24, 2.45) is 7.05 Å². The Balaban J connectivity index is 1.97. The van der Waals surface area contributed by atoms with Crippen LogP contribution in [0.5, 0.6) is 0 Å². The van der Waals surface area contributed by atoms with Crippen molar-refractivity contribution >= 4 is 0 Å². The van der Waals surface area contributed by atoms with Crippen molar-refractivity contribution < 1.29 is 4.39 Å². The first-order chi connectivity index (χ1) is 9.90. The lowest BCUT2D eigenvalue weighted by atomic mass is 10.0. The van der Waals surface area contributed by atoms with Gasteiger partial charge in [-0.3, -0.25) is 4.68 Å². The lowest BCUT2D eigenvalue weighted by Crippen LogP contribution is -2.22. The van der Waals surface area contributed by atoms with Gasteiger partial charge in [-0.1, -0.05) is 6.07 Å². The highest BCUT2D eigenvalue weighted by Gasteiger charge is 2.15. The van der Waals surface area contributed by atoms with Crippen LogP contribution in [0.2, 0.25) is 0 Å². The molecule has 0 saturated carbocycles. The number of benzene rings is 1. The first-order valence-corrected chi connectivity index (χ1v) is 7.38. The van der Waals surface area contributed by atoms with Crippen LogP contribution in [-0.2, 0) is 13.5 Å². The van der Waals surface area contributed by atoms with Gasteiger partial charge in [0.15, 0.2) is 0 Å². The van der Waals surface area contributed by atoms with E-state index in [1.807, 2.05) is 31.6 Å². The zero-order valence-corrected chi connectivity index (χ0v) is 13.5. The second-order valence-corrected chi connectivity index (χ2v) is 5.70. The van der Waals surface area contributed by atoms with Gasteiger partial charge >= 0.3 is 0 Å². The Morgan fingerprint density at radius 2 is 2.00 bits per heavy atom. The molecule has 1 N–H and O–H groups in total. The predicted octanol–water partition coefficient (Wildman–Crippen LogP) is 3.38. The average molecular weight is 289 g/mol. The molecule has 2 rings (SSSR count). The summed E-state index contributed by atoms with van der Waals surface area (Å²) in [5.41, 5.74) is 5.75. The first-order valence-electron chi connectivity index (χ1n) is 7.38. The Bertz CT molecular complexity index is 631. The van der Waals surface area contributed by atoms with Crippen LogP contribution in [0.25, 0.3) is 0 Å². The van der Waals surface area contributed by atoms with E-state index in [-0.39, 0.29) is 11.9 Å². The molecule has 0 saturated heterocycles. The lowest BCUT2D eigenvalue weighted by Gasteiger charge is -2.15. The van der Waals surface area contributed by atoms with Crippen molar-refractivity contribution in [3.63, 3.8) is 0 Å². The number of halogens is 1. The fraction of sp³-hybridized carbons (Fsp3) is 0.471. The predicted molar refractivity (Wildman–Crippen MR) is 83.9 cm³/mol. The standard InChI is InChI=1S/C17H24FN3/c1-11-10-16(18)7-6-15(11)8-9-19-12(2)17-13(3)20-21(5)14(17)4/h6-7,10,12,19H,8-9H2,1-5H3. The number of nitrogens with one attached hydrogen (secondary N) is 1. The summed E-state index contributed by atoms with van der Waals surface area (Å²) in [7, 11) is 1.97. The third-order valence-electron chi connectivity index (χ3n) is 4.15. The Kier molecular flexibility index (Phi) is 4.78. The molecule has 0 aliphatic rings. The second kappa shape index (κ2) is 6.39. The van der Waals surface area contributed by atoms with Gasteiger partial charge in [0.25, 0.3) is 0 Å². The smallest absolute Gasteiger partial charge is 0.123 e. The SMILES string of the molecule is Cc1cc(F)ccc1CCNC(C)c1c(C)nn(C)c1C. The van der Waals surface area contributed by atoms with Crippen LogP contribution in [0.3, 0.4) is 0 Å². The van der Waals surface area contributed by atoms with E-state index in [1.165, 1.54) is 22.9 Å². The molecule has 1 heterocycles. The summed E-state index contributed by atoms with van der Waals surface area (Å²) in [6, 6.07) is 5.26. The molecule has 114 valence electrons. The number of aryl methyl sites for hydroxylation is 3. The van der Waals surface area contributed by atoms with Gasteiger partial charge < -0.3 is 5.32 Å². The van der Waals surface area contributed by atoms with Crippen LogP contribution >= 0.6 is 0 Å². The van der Waals surface area contributed by atoms with Gasteiger partial charge in [-0.05, 0) is 63.9 Å². The van der Waals surface area contributed by atoms with E-state index in [2.05, 4.69) is 24.3 Å². The first kappa shape index (κ1) is 15.7. The molecule has 0 bridgehead atoms. The second-order valence-electron chi connectivity index (χ2n) is 5.70. The van der Waals surface area contributed by atoms with E-state index in [0.29, 0.717) is 0 Å². The molecule has 0 spiro atoms. The number of aromatic nitrogens is 2. The van der Waals surface area contributed by atoms with Crippen LogP contribution in [0.15, 0.2) is 18.2 Å². The van der Waals surface area contributed by atoms with E-state index in [0.717, 1.165) is 24.2 Å². The molecule has 1 aromatic carbocycles. The molecule has 0 amide bonds. The van der Waals surface area contributed by atoms with E-state index in [1.54, 1.807) is 6.07 Å². The number of hydrogen-bond donors (Lipinski definition) is 1. The van der Waals surface area contributed by atoms with Crippen molar-refractivity contribution in [1.29, 1.82) is 0 Å². The summed E-state index contributed by atoms with van der Waals surface area (Å²) < 4.78 is 15.0. The quantitative estimate of drug-likeness (QED) is 0.914. The van der Waals surface area contributed by atoms with E-state index >= 15 is 0 Å². The third kappa shape index (κ3) is 3.50. The minimum Gasteiger partial charge on any atom is -0.310 e. The van der Waals surface area contributed by atoms with Crippen LogP contribution in [-0.4, -0.2) is 16.3 Å². The van der Waals surface area contributed by atoms with Gasteiger partial charge in [0.05, 0.1) is 5.69 Å². The summed E-state index contributed by atoms with van der Waals surface area (Å²) >= 11 is 0. The summed E-state index contributed by atoms with van der Waals surface area (Å²) in [6.07, 6.45) is 0.898. The monoisotopic (exact) mass is 289 g/mol. The molecule has 21 heavy (non-hydrogen) atoms. The molecule has 0 fully saturated rings. The molecule has 1 unspecified atom stereocenters. The summed E-state index contributed by atoms with van der Waals surface area (Å²) in [5.74, 6) is -0.167. The van der Waals surface area contributed by atoms with Gasteiger partial charge in [-0.15, -0.1) is 0 Å². The normalized spacial score (nSPS) is 12.7.